The Morgan fingerprint density at radius 3 is 2.38 bits per heavy atom. The van der Waals surface area contributed by atoms with Gasteiger partial charge >= 0.3 is 5.97 Å². The number of halogens is 2. The van der Waals surface area contributed by atoms with E-state index in [9.17, 15) is 23.1 Å². The molecule has 0 unspecified atom stereocenters. The molecular formula is C28H32Cl2N2O6S. The molecule has 39 heavy (non-hydrogen) atoms. The minimum Gasteiger partial charge on any atom is -0.481 e. The molecule has 2 aromatic carbocycles. The fourth-order valence-electron chi connectivity index (χ4n) is 5.92. The standard InChI is InChI=1S/C28H32Cl2N2O6S/c1-17-4-3-13-31(17)39(36,37)16-23(18-7-8-18)32-26(19-9-11-21(29)12-10-19)27(20-5-2-6-22(30)14-20)38-24(28(32)35)15-25(33)34/h2,5-6,9-12,14,17-18,23-24,26-27H,3-4,7-8,13,15-16H2,1H3,(H,33,34)/t17-,23-,24+,26-,27-/m1/s1. The summed E-state index contributed by atoms with van der Waals surface area (Å²) in [5.41, 5.74) is 1.38. The first-order valence-electron chi connectivity index (χ1n) is 13.2. The number of rotatable bonds is 9. The van der Waals surface area contributed by atoms with Gasteiger partial charge in [0.25, 0.3) is 5.91 Å². The molecule has 1 saturated carbocycles. The molecule has 5 atom stereocenters. The number of carbonyl (C=O) groups is 2. The van der Waals surface area contributed by atoms with Crippen LogP contribution in [0.1, 0.15) is 62.3 Å². The molecule has 210 valence electrons. The van der Waals surface area contributed by atoms with Crippen molar-refractivity contribution >= 4 is 45.1 Å². The van der Waals surface area contributed by atoms with Crippen molar-refractivity contribution in [3.63, 3.8) is 0 Å². The summed E-state index contributed by atoms with van der Waals surface area (Å²) < 4.78 is 35.2. The van der Waals surface area contributed by atoms with Crippen LogP contribution in [0, 0.1) is 5.92 Å². The number of hydrogen-bond donors (Lipinski definition) is 1. The lowest BCUT2D eigenvalue weighted by Gasteiger charge is -2.48. The van der Waals surface area contributed by atoms with Crippen LogP contribution in [0.4, 0.5) is 0 Å². The third-order valence-electron chi connectivity index (χ3n) is 7.93. The smallest absolute Gasteiger partial charge is 0.306 e. The zero-order valence-corrected chi connectivity index (χ0v) is 23.9. The zero-order valence-electron chi connectivity index (χ0n) is 21.6. The zero-order chi connectivity index (χ0) is 27.9. The maximum atomic E-state index is 14.1. The molecule has 1 aliphatic carbocycles. The van der Waals surface area contributed by atoms with Gasteiger partial charge in [-0.2, -0.15) is 4.31 Å². The monoisotopic (exact) mass is 594 g/mol. The van der Waals surface area contributed by atoms with Crippen molar-refractivity contribution in [3.8, 4) is 0 Å². The van der Waals surface area contributed by atoms with E-state index in [1.54, 1.807) is 51.7 Å². The minimum absolute atomic E-state index is 0.0139. The summed E-state index contributed by atoms with van der Waals surface area (Å²) in [5.74, 6) is -1.93. The van der Waals surface area contributed by atoms with Gasteiger partial charge in [0.1, 0.15) is 12.2 Å². The first-order chi connectivity index (χ1) is 18.5. The average Bonchev–Trinajstić information content (AvgIpc) is 3.63. The minimum atomic E-state index is -3.69. The Morgan fingerprint density at radius 1 is 1.08 bits per heavy atom. The molecule has 2 aliphatic heterocycles. The van der Waals surface area contributed by atoms with Crippen LogP contribution < -0.4 is 0 Å². The lowest BCUT2D eigenvalue weighted by Crippen LogP contribution is -2.58. The maximum absolute atomic E-state index is 14.1. The van der Waals surface area contributed by atoms with E-state index < -0.39 is 52.6 Å². The summed E-state index contributed by atoms with van der Waals surface area (Å²) in [5, 5.41) is 10.6. The Labute approximate surface area is 238 Å². The van der Waals surface area contributed by atoms with E-state index >= 15 is 0 Å². The second-order valence-electron chi connectivity index (χ2n) is 10.7. The molecule has 1 N–H and O–H groups in total. The van der Waals surface area contributed by atoms with Crippen LogP contribution in [0.2, 0.25) is 10.0 Å². The van der Waals surface area contributed by atoms with Crippen molar-refractivity contribution in [2.75, 3.05) is 12.3 Å². The fourth-order valence-corrected chi connectivity index (χ4v) is 8.36. The van der Waals surface area contributed by atoms with Crippen LogP contribution in [0.3, 0.4) is 0 Å². The van der Waals surface area contributed by atoms with Crippen molar-refractivity contribution in [1.82, 2.24) is 9.21 Å². The van der Waals surface area contributed by atoms with Gasteiger partial charge in [-0.1, -0.05) is 47.5 Å². The topological polar surface area (TPSA) is 104 Å². The van der Waals surface area contributed by atoms with Crippen LogP contribution in [0.25, 0.3) is 0 Å². The van der Waals surface area contributed by atoms with Gasteiger partial charge in [0, 0.05) is 22.6 Å². The lowest BCUT2D eigenvalue weighted by atomic mass is 9.89. The van der Waals surface area contributed by atoms with Gasteiger partial charge in [0.2, 0.25) is 10.0 Å². The Kier molecular flexibility index (Phi) is 8.27. The summed E-state index contributed by atoms with van der Waals surface area (Å²) in [6.07, 6.45) is 0.599. The number of sulfonamides is 1. The highest BCUT2D eigenvalue weighted by Crippen LogP contribution is 2.48. The van der Waals surface area contributed by atoms with Crippen molar-refractivity contribution in [3.05, 3.63) is 69.7 Å². The molecule has 2 aromatic rings. The van der Waals surface area contributed by atoms with E-state index in [0.29, 0.717) is 27.7 Å². The molecule has 2 heterocycles. The summed E-state index contributed by atoms with van der Waals surface area (Å²) >= 11 is 12.5. The summed E-state index contributed by atoms with van der Waals surface area (Å²) in [6.45, 7) is 2.37. The molecule has 5 rings (SSSR count). The highest BCUT2D eigenvalue weighted by atomic mass is 35.5. The Balaban J connectivity index is 1.63. The van der Waals surface area contributed by atoms with Gasteiger partial charge in [0.15, 0.2) is 0 Å². The van der Waals surface area contributed by atoms with Crippen LogP contribution in [-0.4, -0.2) is 65.1 Å². The van der Waals surface area contributed by atoms with Gasteiger partial charge < -0.3 is 14.7 Å². The van der Waals surface area contributed by atoms with E-state index in [1.165, 1.54) is 0 Å². The Hall–Kier alpha value is -2.17. The summed E-state index contributed by atoms with van der Waals surface area (Å²) in [7, 11) is -3.69. The number of ether oxygens (including phenoxy) is 1. The summed E-state index contributed by atoms with van der Waals surface area (Å²) in [4.78, 5) is 27.5. The van der Waals surface area contributed by atoms with Gasteiger partial charge in [-0.25, -0.2) is 8.42 Å². The SMILES string of the molecule is C[C@@H]1CCCN1S(=O)(=O)C[C@H](C1CC1)N1C(=O)[C@H](CC(=O)O)O[C@H](c2cccc(Cl)c2)[C@H]1c1ccc(Cl)cc1. The largest absolute Gasteiger partial charge is 0.481 e. The molecule has 2 saturated heterocycles. The van der Waals surface area contributed by atoms with Gasteiger partial charge in [-0.3, -0.25) is 9.59 Å². The van der Waals surface area contributed by atoms with Crippen LogP contribution in [0.15, 0.2) is 48.5 Å². The predicted octanol–water partition coefficient (Wildman–Crippen LogP) is 5.07. The molecule has 0 aromatic heterocycles. The van der Waals surface area contributed by atoms with Crippen molar-refractivity contribution < 1.29 is 27.9 Å². The quantitative estimate of drug-likeness (QED) is 0.434. The molecule has 0 radical (unpaired) electrons. The lowest BCUT2D eigenvalue weighted by molar-refractivity contribution is -0.183. The predicted molar refractivity (Wildman–Crippen MR) is 148 cm³/mol. The van der Waals surface area contributed by atoms with E-state index in [1.807, 2.05) is 13.0 Å². The Morgan fingerprint density at radius 2 is 1.79 bits per heavy atom. The van der Waals surface area contributed by atoms with Gasteiger partial charge in [-0.05, 0) is 73.9 Å². The molecule has 11 heteroatoms. The molecule has 3 aliphatic rings. The van der Waals surface area contributed by atoms with E-state index in [4.69, 9.17) is 27.9 Å². The second kappa shape index (κ2) is 11.4. The number of nitrogens with zero attached hydrogens (tertiary/aromatic N) is 2. The van der Waals surface area contributed by atoms with Gasteiger partial charge in [0.05, 0.1) is 24.3 Å². The second-order valence-corrected chi connectivity index (χ2v) is 13.6. The van der Waals surface area contributed by atoms with Crippen molar-refractivity contribution in [2.45, 2.75) is 69.4 Å². The van der Waals surface area contributed by atoms with Crippen LogP contribution in [0.5, 0.6) is 0 Å². The number of amides is 1. The number of carboxylic acids is 1. The molecular weight excluding hydrogens is 563 g/mol. The average molecular weight is 596 g/mol. The molecule has 1 amide bonds. The van der Waals surface area contributed by atoms with Gasteiger partial charge in [-0.15, -0.1) is 0 Å². The van der Waals surface area contributed by atoms with Crippen molar-refractivity contribution in [2.24, 2.45) is 5.92 Å². The van der Waals surface area contributed by atoms with Crippen LogP contribution in [-0.2, 0) is 24.3 Å². The summed E-state index contributed by atoms with van der Waals surface area (Å²) in [6, 6.07) is 12.6. The molecule has 0 bridgehead atoms. The van der Waals surface area contributed by atoms with Crippen molar-refractivity contribution in [1.29, 1.82) is 0 Å². The van der Waals surface area contributed by atoms with E-state index in [2.05, 4.69) is 0 Å². The Bertz CT molecular complexity index is 1330. The highest BCUT2D eigenvalue weighted by molar-refractivity contribution is 7.89. The number of aliphatic carboxylic acids is 1. The first-order valence-corrected chi connectivity index (χ1v) is 15.6. The third-order valence-corrected chi connectivity index (χ3v) is 10.4. The number of carbonyl (C=O) groups excluding carboxylic acids is 1. The molecule has 0 spiro atoms. The number of benzene rings is 2. The molecule has 3 fully saturated rings. The normalized spacial score (nSPS) is 27.1. The fraction of sp³-hybridized carbons (Fsp3) is 0.500. The number of hydrogen-bond acceptors (Lipinski definition) is 5. The highest BCUT2D eigenvalue weighted by Gasteiger charge is 2.52. The number of carboxylic acid groups (broad SMARTS) is 1. The number of morpholine rings is 1. The van der Waals surface area contributed by atoms with Crippen LogP contribution >= 0.6 is 23.2 Å². The third kappa shape index (κ3) is 6.12. The van der Waals surface area contributed by atoms with E-state index in [-0.39, 0.29) is 17.7 Å². The van der Waals surface area contributed by atoms with E-state index in [0.717, 1.165) is 25.7 Å². The maximum Gasteiger partial charge on any atom is 0.306 e. The first kappa shape index (κ1) is 28.4. The molecule has 8 nitrogen and oxygen atoms in total.